The Bertz CT molecular complexity index is 657. The molecule has 0 saturated heterocycles. The molecule has 0 radical (unpaired) electrons. The van der Waals surface area contributed by atoms with Gasteiger partial charge in [-0.05, 0) is 31.0 Å². The zero-order valence-electron chi connectivity index (χ0n) is 12.8. The van der Waals surface area contributed by atoms with Gasteiger partial charge in [-0.2, -0.15) is 0 Å². The third-order valence-electron chi connectivity index (χ3n) is 3.72. The second-order valence-electron chi connectivity index (χ2n) is 5.27. The molecule has 0 spiro atoms. The number of para-hydroxylation sites is 1. The summed E-state index contributed by atoms with van der Waals surface area (Å²) in [6.07, 6.45) is 0.920. The summed E-state index contributed by atoms with van der Waals surface area (Å²) in [6, 6.07) is 18.6. The summed E-state index contributed by atoms with van der Waals surface area (Å²) >= 11 is 0. The van der Waals surface area contributed by atoms with Crippen LogP contribution in [-0.4, -0.2) is 24.0 Å². The Morgan fingerprint density at radius 1 is 1.09 bits per heavy atom. The first kappa shape index (κ1) is 14.4. The van der Waals surface area contributed by atoms with E-state index in [0.717, 1.165) is 23.6 Å². The number of nitrogens with zero attached hydrogens (tertiary/aromatic N) is 2. The molecule has 0 fully saturated rings. The molecule has 2 N–H and O–H groups in total. The van der Waals surface area contributed by atoms with E-state index in [1.807, 2.05) is 35.3 Å². The van der Waals surface area contributed by atoms with Crippen LogP contribution in [0.4, 0.5) is 0 Å². The van der Waals surface area contributed by atoms with E-state index < -0.39 is 0 Å². The zero-order chi connectivity index (χ0) is 15.4. The third-order valence-corrected chi connectivity index (χ3v) is 3.72. The molecule has 2 aromatic rings. The number of ether oxygens (including phenoxy) is 1. The zero-order valence-corrected chi connectivity index (χ0v) is 12.8. The highest BCUT2D eigenvalue weighted by molar-refractivity contribution is 6.01. The second-order valence-corrected chi connectivity index (χ2v) is 5.27. The average Bonchev–Trinajstić information content (AvgIpc) is 3.05. The molecule has 5 heteroatoms. The van der Waals surface area contributed by atoms with Gasteiger partial charge in [0.15, 0.2) is 5.84 Å². The van der Waals surface area contributed by atoms with Gasteiger partial charge in [-0.3, -0.25) is 5.01 Å². The van der Waals surface area contributed by atoms with Gasteiger partial charge < -0.3 is 4.74 Å². The quantitative estimate of drug-likeness (QED) is 0.889. The lowest BCUT2D eigenvalue weighted by molar-refractivity contribution is 0.232. The number of benzene rings is 2. The van der Waals surface area contributed by atoms with Crippen molar-refractivity contribution in [1.82, 2.24) is 16.1 Å². The molecule has 1 heterocycles. The SMILES string of the molecule is COc1ccccc1C1=NNNN1C(C)Cc1ccccc1. The van der Waals surface area contributed by atoms with Crippen molar-refractivity contribution in [1.29, 1.82) is 0 Å². The Hall–Kier alpha value is -2.53. The molecule has 114 valence electrons. The Morgan fingerprint density at radius 2 is 1.82 bits per heavy atom. The van der Waals surface area contributed by atoms with Gasteiger partial charge in [0.1, 0.15) is 5.75 Å². The van der Waals surface area contributed by atoms with Gasteiger partial charge in [0.05, 0.1) is 18.7 Å². The fourth-order valence-corrected chi connectivity index (χ4v) is 2.62. The van der Waals surface area contributed by atoms with E-state index in [1.165, 1.54) is 5.56 Å². The molecule has 1 aliphatic heterocycles. The van der Waals surface area contributed by atoms with Crippen LogP contribution in [0.1, 0.15) is 18.1 Å². The highest BCUT2D eigenvalue weighted by atomic mass is 16.5. The number of rotatable bonds is 5. The topological polar surface area (TPSA) is 48.9 Å². The Kier molecular flexibility index (Phi) is 4.25. The van der Waals surface area contributed by atoms with Crippen molar-refractivity contribution in [2.45, 2.75) is 19.4 Å². The lowest BCUT2D eigenvalue weighted by Gasteiger charge is -2.27. The summed E-state index contributed by atoms with van der Waals surface area (Å²) in [4.78, 5) is 0. The van der Waals surface area contributed by atoms with Gasteiger partial charge in [0.25, 0.3) is 0 Å². The van der Waals surface area contributed by atoms with E-state index in [9.17, 15) is 0 Å². The summed E-state index contributed by atoms with van der Waals surface area (Å²) < 4.78 is 5.44. The summed E-state index contributed by atoms with van der Waals surface area (Å²) in [5, 5.41) is 6.39. The molecule has 0 amide bonds. The molecule has 0 aliphatic carbocycles. The summed E-state index contributed by atoms with van der Waals surface area (Å²) in [5.74, 6) is 1.64. The molecular weight excluding hydrogens is 276 g/mol. The van der Waals surface area contributed by atoms with Crippen LogP contribution >= 0.6 is 0 Å². The minimum Gasteiger partial charge on any atom is -0.496 e. The monoisotopic (exact) mass is 296 g/mol. The molecule has 0 aromatic heterocycles. The predicted molar refractivity (Wildman–Crippen MR) is 87.2 cm³/mol. The van der Waals surface area contributed by atoms with E-state index in [0.29, 0.717) is 0 Å². The van der Waals surface area contributed by atoms with Gasteiger partial charge >= 0.3 is 0 Å². The van der Waals surface area contributed by atoms with Crippen LogP contribution < -0.4 is 15.8 Å². The molecule has 5 nitrogen and oxygen atoms in total. The van der Waals surface area contributed by atoms with Crippen molar-refractivity contribution in [3.8, 4) is 5.75 Å². The molecule has 1 aliphatic rings. The highest BCUT2D eigenvalue weighted by Crippen LogP contribution is 2.22. The van der Waals surface area contributed by atoms with E-state index in [-0.39, 0.29) is 6.04 Å². The molecule has 1 atom stereocenters. The smallest absolute Gasteiger partial charge is 0.177 e. The average molecular weight is 296 g/mol. The van der Waals surface area contributed by atoms with Gasteiger partial charge in [0.2, 0.25) is 0 Å². The first-order valence-electron chi connectivity index (χ1n) is 7.34. The van der Waals surface area contributed by atoms with Gasteiger partial charge in [0, 0.05) is 0 Å². The van der Waals surface area contributed by atoms with E-state index in [4.69, 9.17) is 4.74 Å². The van der Waals surface area contributed by atoms with Gasteiger partial charge in [-0.25, -0.2) is 5.53 Å². The van der Waals surface area contributed by atoms with Crippen molar-refractivity contribution in [2.75, 3.05) is 7.11 Å². The Balaban J connectivity index is 1.81. The number of hydrogen-bond acceptors (Lipinski definition) is 5. The largest absolute Gasteiger partial charge is 0.496 e. The molecule has 2 aromatic carbocycles. The van der Waals surface area contributed by atoms with E-state index >= 15 is 0 Å². The molecule has 0 saturated carbocycles. The first-order chi connectivity index (χ1) is 10.8. The van der Waals surface area contributed by atoms with Crippen molar-refractivity contribution >= 4 is 5.84 Å². The van der Waals surface area contributed by atoms with Crippen LogP contribution in [0.15, 0.2) is 59.7 Å². The summed E-state index contributed by atoms with van der Waals surface area (Å²) in [7, 11) is 1.67. The molecule has 22 heavy (non-hydrogen) atoms. The number of hydrogen-bond donors (Lipinski definition) is 2. The third kappa shape index (κ3) is 2.89. The molecule has 3 rings (SSSR count). The van der Waals surface area contributed by atoms with Crippen molar-refractivity contribution < 1.29 is 4.74 Å². The predicted octanol–water partition coefficient (Wildman–Crippen LogP) is 2.31. The number of methoxy groups -OCH3 is 1. The van der Waals surface area contributed by atoms with Crippen LogP contribution in [0.5, 0.6) is 5.75 Å². The lowest BCUT2D eigenvalue weighted by atomic mass is 10.1. The van der Waals surface area contributed by atoms with Gasteiger partial charge in [-0.1, -0.05) is 42.5 Å². The maximum Gasteiger partial charge on any atom is 0.177 e. The summed E-state index contributed by atoms with van der Waals surface area (Å²) in [6.45, 7) is 2.16. The summed E-state index contributed by atoms with van der Waals surface area (Å²) in [5.41, 5.74) is 8.20. The Labute approximate surface area is 130 Å². The Morgan fingerprint density at radius 3 is 2.59 bits per heavy atom. The molecule has 0 bridgehead atoms. The van der Waals surface area contributed by atoms with Gasteiger partial charge in [-0.15, -0.1) is 10.6 Å². The van der Waals surface area contributed by atoms with E-state index in [1.54, 1.807) is 7.11 Å². The normalized spacial score (nSPS) is 15.2. The maximum absolute atomic E-state index is 5.44. The van der Waals surface area contributed by atoms with Crippen LogP contribution in [0.2, 0.25) is 0 Å². The highest BCUT2D eigenvalue weighted by Gasteiger charge is 2.26. The number of amidine groups is 1. The number of hydrazone groups is 1. The second kappa shape index (κ2) is 6.49. The van der Waals surface area contributed by atoms with Crippen molar-refractivity contribution in [2.24, 2.45) is 5.10 Å². The van der Waals surface area contributed by atoms with E-state index in [2.05, 4.69) is 47.4 Å². The van der Waals surface area contributed by atoms with Crippen LogP contribution in [-0.2, 0) is 6.42 Å². The molecular formula is C17H20N4O. The van der Waals surface area contributed by atoms with Crippen molar-refractivity contribution in [3.63, 3.8) is 0 Å². The number of nitrogens with one attached hydrogen (secondary N) is 2. The molecule has 1 unspecified atom stereocenters. The maximum atomic E-state index is 5.44. The van der Waals surface area contributed by atoms with Crippen LogP contribution in [0.25, 0.3) is 0 Å². The minimum absolute atomic E-state index is 0.237. The lowest BCUT2D eigenvalue weighted by Crippen LogP contribution is -2.47. The number of hydrazine groups is 2. The van der Waals surface area contributed by atoms with Crippen LogP contribution in [0, 0.1) is 0 Å². The van der Waals surface area contributed by atoms with Crippen molar-refractivity contribution in [3.05, 3.63) is 65.7 Å². The first-order valence-corrected chi connectivity index (χ1v) is 7.34. The fourth-order valence-electron chi connectivity index (χ4n) is 2.62. The fraction of sp³-hybridized carbons (Fsp3) is 0.235. The standard InChI is InChI=1S/C17H20N4O/c1-13(12-14-8-4-3-5-9-14)21-17(18-19-20-21)15-10-6-7-11-16(15)22-2/h3-11,13,19-20H,12H2,1-2H3. The minimum atomic E-state index is 0.237. The van der Waals surface area contributed by atoms with Crippen LogP contribution in [0.3, 0.4) is 0 Å².